The van der Waals surface area contributed by atoms with E-state index >= 15 is 0 Å². The quantitative estimate of drug-likeness (QED) is 0.790. The van der Waals surface area contributed by atoms with Gasteiger partial charge in [-0.3, -0.25) is 0 Å². The monoisotopic (exact) mass is 253 g/mol. The summed E-state index contributed by atoms with van der Waals surface area (Å²) >= 11 is 5.98. The molecular weight excluding hydrogens is 238 g/mol. The van der Waals surface area contributed by atoms with Crippen LogP contribution < -0.4 is 5.32 Å². The maximum atomic E-state index is 9.24. The van der Waals surface area contributed by atoms with E-state index in [0.29, 0.717) is 11.1 Å². The Bertz CT molecular complexity index is 430. The van der Waals surface area contributed by atoms with Crippen LogP contribution in [-0.2, 0) is 0 Å². The van der Waals surface area contributed by atoms with E-state index in [4.69, 9.17) is 11.6 Å². The normalized spacial score (nSPS) is 21.3. The SMILES string of the molecule is OCC1(CNc2cc(Cl)nc(C3CC3)n2)CC1. The summed E-state index contributed by atoms with van der Waals surface area (Å²) in [6.45, 7) is 1.01. The second-order valence-corrected chi connectivity index (χ2v) is 5.61. The summed E-state index contributed by atoms with van der Waals surface area (Å²) in [6, 6.07) is 1.75. The molecular formula is C12H16ClN3O. The van der Waals surface area contributed by atoms with Crippen LogP contribution in [0.3, 0.4) is 0 Å². The first-order chi connectivity index (χ1) is 8.21. The van der Waals surface area contributed by atoms with Crippen LogP contribution >= 0.6 is 11.6 Å². The van der Waals surface area contributed by atoms with Crippen LogP contribution in [0.5, 0.6) is 0 Å². The van der Waals surface area contributed by atoms with Crippen molar-refractivity contribution in [3.05, 3.63) is 17.0 Å². The molecule has 2 N–H and O–H groups in total. The molecule has 3 rings (SSSR count). The predicted octanol–water partition coefficient (Wildman–Crippen LogP) is 2.19. The van der Waals surface area contributed by atoms with Gasteiger partial charge in [0, 0.05) is 23.9 Å². The fourth-order valence-electron chi connectivity index (χ4n) is 1.90. The van der Waals surface area contributed by atoms with Crippen molar-refractivity contribution in [2.45, 2.75) is 31.6 Å². The van der Waals surface area contributed by atoms with Crippen molar-refractivity contribution in [3.8, 4) is 0 Å². The average molecular weight is 254 g/mol. The Balaban J connectivity index is 1.69. The zero-order valence-electron chi connectivity index (χ0n) is 9.62. The minimum absolute atomic E-state index is 0.0805. The van der Waals surface area contributed by atoms with Crippen molar-refractivity contribution in [1.29, 1.82) is 0 Å². The Kier molecular flexibility index (Phi) is 2.71. The summed E-state index contributed by atoms with van der Waals surface area (Å²) in [5.41, 5.74) is 0.0805. The maximum absolute atomic E-state index is 9.24. The van der Waals surface area contributed by atoms with Crippen LogP contribution in [0.2, 0.25) is 5.15 Å². The number of aliphatic hydroxyl groups excluding tert-OH is 1. The van der Waals surface area contributed by atoms with E-state index < -0.39 is 0 Å². The van der Waals surface area contributed by atoms with E-state index in [-0.39, 0.29) is 12.0 Å². The standard InChI is InChI=1S/C12H16ClN3O/c13-9-5-10(14-6-12(7-17)3-4-12)16-11(15-9)8-1-2-8/h5,8,17H,1-4,6-7H2,(H,14,15,16). The van der Waals surface area contributed by atoms with Crippen LogP contribution in [0.1, 0.15) is 37.4 Å². The first kappa shape index (κ1) is 11.2. The molecule has 0 amide bonds. The Hall–Kier alpha value is -0.870. The molecule has 2 aliphatic rings. The number of aromatic nitrogens is 2. The summed E-state index contributed by atoms with van der Waals surface area (Å²) in [4.78, 5) is 8.71. The largest absolute Gasteiger partial charge is 0.396 e. The molecule has 2 aliphatic carbocycles. The van der Waals surface area contributed by atoms with E-state index in [1.165, 1.54) is 12.8 Å². The van der Waals surface area contributed by atoms with Gasteiger partial charge in [-0.05, 0) is 25.7 Å². The Morgan fingerprint density at radius 2 is 2.18 bits per heavy atom. The zero-order chi connectivity index (χ0) is 11.9. The molecule has 4 nitrogen and oxygen atoms in total. The smallest absolute Gasteiger partial charge is 0.135 e. The molecule has 1 aromatic rings. The number of rotatable bonds is 5. The maximum Gasteiger partial charge on any atom is 0.135 e. The van der Waals surface area contributed by atoms with Gasteiger partial charge in [-0.15, -0.1) is 0 Å². The van der Waals surface area contributed by atoms with Crippen molar-refractivity contribution < 1.29 is 5.11 Å². The van der Waals surface area contributed by atoms with Crippen molar-refractivity contribution in [3.63, 3.8) is 0 Å². The van der Waals surface area contributed by atoms with Crippen molar-refractivity contribution >= 4 is 17.4 Å². The highest BCUT2D eigenvalue weighted by molar-refractivity contribution is 6.29. The number of anilines is 1. The molecule has 2 saturated carbocycles. The molecule has 17 heavy (non-hydrogen) atoms. The Morgan fingerprint density at radius 3 is 2.76 bits per heavy atom. The van der Waals surface area contributed by atoms with Gasteiger partial charge in [0.25, 0.3) is 0 Å². The number of halogens is 1. The summed E-state index contributed by atoms with van der Waals surface area (Å²) in [7, 11) is 0. The molecule has 0 saturated heterocycles. The Morgan fingerprint density at radius 1 is 1.41 bits per heavy atom. The highest BCUT2D eigenvalue weighted by Gasteiger charge is 2.41. The average Bonchev–Trinajstić information content (AvgIpc) is 3.19. The number of hydrogen-bond acceptors (Lipinski definition) is 4. The first-order valence-electron chi connectivity index (χ1n) is 6.10. The summed E-state index contributed by atoms with van der Waals surface area (Å²) in [5, 5.41) is 13.0. The van der Waals surface area contributed by atoms with Crippen molar-refractivity contribution in [2.75, 3.05) is 18.5 Å². The van der Waals surface area contributed by atoms with Gasteiger partial charge in [0.2, 0.25) is 0 Å². The number of nitrogens with one attached hydrogen (secondary N) is 1. The van der Waals surface area contributed by atoms with Gasteiger partial charge in [-0.2, -0.15) is 0 Å². The molecule has 2 fully saturated rings. The van der Waals surface area contributed by atoms with Crippen LogP contribution in [-0.4, -0.2) is 28.2 Å². The highest BCUT2D eigenvalue weighted by Crippen LogP contribution is 2.45. The fourth-order valence-corrected chi connectivity index (χ4v) is 2.09. The third kappa shape index (κ3) is 2.53. The molecule has 0 bridgehead atoms. The molecule has 1 heterocycles. The molecule has 0 aromatic carbocycles. The second-order valence-electron chi connectivity index (χ2n) is 5.22. The van der Waals surface area contributed by atoms with Gasteiger partial charge in [0.05, 0.1) is 6.61 Å². The van der Waals surface area contributed by atoms with Gasteiger partial charge in [0.1, 0.15) is 16.8 Å². The summed E-state index contributed by atoms with van der Waals surface area (Å²) in [5.74, 6) is 2.14. The molecule has 0 radical (unpaired) electrons. The lowest BCUT2D eigenvalue weighted by atomic mass is 10.1. The van der Waals surface area contributed by atoms with E-state index in [1.807, 2.05) is 0 Å². The van der Waals surface area contributed by atoms with Crippen LogP contribution in [0.25, 0.3) is 0 Å². The van der Waals surface area contributed by atoms with Crippen LogP contribution in [0.4, 0.5) is 5.82 Å². The minimum Gasteiger partial charge on any atom is -0.396 e. The lowest BCUT2D eigenvalue weighted by molar-refractivity contribution is 0.219. The summed E-state index contributed by atoms with van der Waals surface area (Å²) in [6.07, 6.45) is 4.51. The molecule has 92 valence electrons. The van der Waals surface area contributed by atoms with Crippen LogP contribution in [0, 0.1) is 5.41 Å². The van der Waals surface area contributed by atoms with Crippen molar-refractivity contribution in [1.82, 2.24) is 9.97 Å². The van der Waals surface area contributed by atoms with E-state index in [0.717, 1.165) is 31.0 Å². The zero-order valence-corrected chi connectivity index (χ0v) is 10.4. The predicted molar refractivity (Wildman–Crippen MR) is 66.3 cm³/mol. The second kappa shape index (κ2) is 4.10. The van der Waals surface area contributed by atoms with Crippen LogP contribution in [0.15, 0.2) is 6.07 Å². The van der Waals surface area contributed by atoms with Gasteiger partial charge in [0.15, 0.2) is 0 Å². The third-order valence-corrected chi connectivity index (χ3v) is 3.79. The number of nitrogens with zero attached hydrogens (tertiary/aromatic N) is 2. The molecule has 1 aromatic heterocycles. The van der Waals surface area contributed by atoms with Crippen molar-refractivity contribution in [2.24, 2.45) is 5.41 Å². The fraction of sp³-hybridized carbons (Fsp3) is 0.667. The van der Waals surface area contributed by atoms with E-state index in [1.54, 1.807) is 6.07 Å². The van der Waals surface area contributed by atoms with Gasteiger partial charge >= 0.3 is 0 Å². The first-order valence-corrected chi connectivity index (χ1v) is 6.48. The van der Waals surface area contributed by atoms with E-state index in [9.17, 15) is 5.11 Å². The van der Waals surface area contributed by atoms with E-state index in [2.05, 4.69) is 15.3 Å². The number of hydrogen-bond donors (Lipinski definition) is 2. The third-order valence-electron chi connectivity index (χ3n) is 3.59. The molecule has 0 atom stereocenters. The Labute approximate surface area is 105 Å². The molecule has 0 spiro atoms. The molecule has 0 unspecified atom stereocenters. The molecule has 5 heteroatoms. The van der Waals surface area contributed by atoms with Gasteiger partial charge < -0.3 is 10.4 Å². The number of aliphatic hydroxyl groups is 1. The van der Waals surface area contributed by atoms with Gasteiger partial charge in [-0.25, -0.2) is 9.97 Å². The minimum atomic E-state index is 0.0805. The topological polar surface area (TPSA) is 58.0 Å². The lowest BCUT2D eigenvalue weighted by Crippen LogP contribution is -2.19. The lowest BCUT2D eigenvalue weighted by Gasteiger charge is -2.13. The highest BCUT2D eigenvalue weighted by atomic mass is 35.5. The molecule has 0 aliphatic heterocycles. The summed E-state index contributed by atoms with van der Waals surface area (Å²) < 4.78 is 0. The van der Waals surface area contributed by atoms with Gasteiger partial charge in [-0.1, -0.05) is 11.6 Å².